The largest absolute Gasteiger partial charge is 0.328 e. The van der Waals surface area contributed by atoms with E-state index >= 15 is 0 Å². The van der Waals surface area contributed by atoms with E-state index in [1.807, 2.05) is 36.9 Å². The zero-order valence-electron chi connectivity index (χ0n) is 10.6. The number of aryl methyl sites for hydroxylation is 1. The average molecular weight is 232 g/mol. The SMILES string of the molecule is CC(C)(CN)N1C(=O)CCCc2ccccc21. The molecule has 0 spiro atoms. The number of carbonyl (C=O) groups excluding carboxylic acids is 1. The minimum absolute atomic E-state index is 0.186. The number of hydrogen-bond donors (Lipinski definition) is 1. The Balaban J connectivity index is 2.51. The first-order valence-electron chi connectivity index (χ1n) is 6.17. The van der Waals surface area contributed by atoms with Crippen LogP contribution in [0.2, 0.25) is 0 Å². The second-order valence-corrected chi connectivity index (χ2v) is 5.23. The summed E-state index contributed by atoms with van der Waals surface area (Å²) in [7, 11) is 0. The van der Waals surface area contributed by atoms with E-state index in [1.165, 1.54) is 5.56 Å². The van der Waals surface area contributed by atoms with Gasteiger partial charge in [0, 0.05) is 18.7 Å². The molecule has 0 radical (unpaired) electrons. The summed E-state index contributed by atoms with van der Waals surface area (Å²) in [5.41, 5.74) is 7.77. The average Bonchev–Trinajstić information content (AvgIpc) is 2.47. The van der Waals surface area contributed by atoms with Crippen LogP contribution in [0.3, 0.4) is 0 Å². The summed E-state index contributed by atoms with van der Waals surface area (Å²) in [5.74, 6) is 0.186. The quantitative estimate of drug-likeness (QED) is 0.848. The zero-order valence-corrected chi connectivity index (χ0v) is 10.6. The number of hydrogen-bond acceptors (Lipinski definition) is 2. The van der Waals surface area contributed by atoms with E-state index in [4.69, 9.17) is 5.73 Å². The molecule has 2 N–H and O–H groups in total. The van der Waals surface area contributed by atoms with Crippen molar-refractivity contribution in [3.05, 3.63) is 29.8 Å². The minimum Gasteiger partial charge on any atom is -0.328 e. The molecule has 1 heterocycles. The molecule has 0 bridgehead atoms. The lowest BCUT2D eigenvalue weighted by Crippen LogP contribution is -2.52. The van der Waals surface area contributed by atoms with E-state index in [2.05, 4.69) is 6.07 Å². The molecule has 3 heteroatoms. The highest BCUT2D eigenvalue weighted by molar-refractivity contribution is 5.96. The lowest BCUT2D eigenvalue weighted by atomic mass is 10.0. The molecular weight excluding hydrogens is 212 g/mol. The molecular formula is C14H20N2O. The van der Waals surface area contributed by atoms with Crippen LogP contribution in [0.1, 0.15) is 32.3 Å². The summed E-state index contributed by atoms with van der Waals surface area (Å²) >= 11 is 0. The van der Waals surface area contributed by atoms with Crippen LogP contribution >= 0.6 is 0 Å². The number of para-hydroxylation sites is 1. The molecule has 17 heavy (non-hydrogen) atoms. The first-order chi connectivity index (χ1) is 8.06. The van der Waals surface area contributed by atoms with Gasteiger partial charge in [0.25, 0.3) is 0 Å². The van der Waals surface area contributed by atoms with Gasteiger partial charge in [-0.2, -0.15) is 0 Å². The maximum absolute atomic E-state index is 12.3. The van der Waals surface area contributed by atoms with Crippen molar-refractivity contribution in [1.82, 2.24) is 0 Å². The first kappa shape index (κ1) is 12.1. The van der Waals surface area contributed by atoms with Crippen molar-refractivity contribution in [2.45, 2.75) is 38.6 Å². The van der Waals surface area contributed by atoms with Crippen molar-refractivity contribution in [3.8, 4) is 0 Å². The Kier molecular flexibility index (Phi) is 3.20. The predicted octanol–water partition coefficient (Wildman–Crippen LogP) is 2.09. The molecule has 0 fully saturated rings. The molecule has 3 nitrogen and oxygen atoms in total. The second kappa shape index (κ2) is 4.49. The Hall–Kier alpha value is -1.35. The second-order valence-electron chi connectivity index (χ2n) is 5.23. The van der Waals surface area contributed by atoms with Gasteiger partial charge in [-0.05, 0) is 38.3 Å². The van der Waals surface area contributed by atoms with E-state index in [1.54, 1.807) is 0 Å². The summed E-state index contributed by atoms with van der Waals surface area (Å²) in [4.78, 5) is 14.1. The third kappa shape index (κ3) is 2.20. The van der Waals surface area contributed by atoms with E-state index in [9.17, 15) is 4.79 Å². The number of benzene rings is 1. The molecule has 1 aliphatic rings. The Morgan fingerprint density at radius 2 is 2.00 bits per heavy atom. The van der Waals surface area contributed by atoms with Gasteiger partial charge in [-0.25, -0.2) is 0 Å². The van der Waals surface area contributed by atoms with Gasteiger partial charge >= 0.3 is 0 Å². The monoisotopic (exact) mass is 232 g/mol. The number of fused-ring (bicyclic) bond motifs is 1. The molecule has 1 aliphatic heterocycles. The molecule has 2 rings (SSSR count). The van der Waals surface area contributed by atoms with Crippen LogP contribution in [0.5, 0.6) is 0 Å². The zero-order chi connectivity index (χ0) is 12.5. The van der Waals surface area contributed by atoms with Crippen molar-refractivity contribution in [3.63, 3.8) is 0 Å². The van der Waals surface area contributed by atoms with Gasteiger partial charge in [0.1, 0.15) is 0 Å². The van der Waals surface area contributed by atoms with E-state index in [-0.39, 0.29) is 11.4 Å². The Bertz CT molecular complexity index is 426. The van der Waals surface area contributed by atoms with Crippen LogP contribution in [-0.4, -0.2) is 18.0 Å². The third-order valence-corrected chi connectivity index (χ3v) is 3.42. The molecule has 0 saturated carbocycles. The Morgan fingerprint density at radius 3 is 2.71 bits per heavy atom. The lowest BCUT2D eigenvalue weighted by Gasteiger charge is -2.38. The van der Waals surface area contributed by atoms with E-state index in [0.29, 0.717) is 13.0 Å². The molecule has 0 saturated heterocycles. The van der Waals surface area contributed by atoms with Crippen molar-refractivity contribution in [2.75, 3.05) is 11.4 Å². The van der Waals surface area contributed by atoms with Gasteiger partial charge < -0.3 is 10.6 Å². The molecule has 0 atom stereocenters. The normalized spacial score (nSPS) is 16.6. The van der Waals surface area contributed by atoms with Crippen LogP contribution in [0.15, 0.2) is 24.3 Å². The maximum Gasteiger partial charge on any atom is 0.227 e. The summed E-state index contributed by atoms with van der Waals surface area (Å²) in [6.45, 7) is 4.51. The fourth-order valence-corrected chi connectivity index (χ4v) is 2.37. The maximum atomic E-state index is 12.3. The van der Waals surface area contributed by atoms with Crippen molar-refractivity contribution >= 4 is 11.6 Å². The molecule has 1 amide bonds. The fraction of sp³-hybridized carbons (Fsp3) is 0.500. The topological polar surface area (TPSA) is 46.3 Å². The Labute approximate surface area is 103 Å². The van der Waals surface area contributed by atoms with Gasteiger partial charge in [0.05, 0.1) is 5.54 Å². The van der Waals surface area contributed by atoms with Crippen molar-refractivity contribution in [2.24, 2.45) is 5.73 Å². The van der Waals surface area contributed by atoms with Gasteiger partial charge in [0.2, 0.25) is 5.91 Å². The summed E-state index contributed by atoms with van der Waals surface area (Å²) in [6.07, 6.45) is 2.50. The van der Waals surface area contributed by atoms with Gasteiger partial charge in [-0.3, -0.25) is 4.79 Å². The van der Waals surface area contributed by atoms with Crippen LogP contribution in [0.25, 0.3) is 0 Å². The lowest BCUT2D eigenvalue weighted by molar-refractivity contribution is -0.119. The summed E-state index contributed by atoms with van der Waals surface area (Å²) in [5, 5.41) is 0. The molecule has 1 aromatic carbocycles. The molecule has 0 aliphatic carbocycles. The summed E-state index contributed by atoms with van der Waals surface area (Å²) in [6, 6.07) is 8.14. The van der Waals surface area contributed by atoms with Gasteiger partial charge in [-0.1, -0.05) is 18.2 Å². The van der Waals surface area contributed by atoms with Crippen LogP contribution in [-0.2, 0) is 11.2 Å². The van der Waals surface area contributed by atoms with Gasteiger partial charge in [-0.15, -0.1) is 0 Å². The predicted molar refractivity (Wildman–Crippen MR) is 70.0 cm³/mol. The van der Waals surface area contributed by atoms with E-state index in [0.717, 1.165) is 18.5 Å². The number of nitrogens with zero attached hydrogens (tertiary/aromatic N) is 1. The standard InChI is InChI=1S/C14H20N2O/c1-14(2,10-15)16-12-8-4-3-6-11(12)7-5-9-13(16)17/h3-4,6,8H,5,7,9-10,15H2,1-2H3. The van der Waals surface area contributed by atoms with Crippen LogP contribution < -0.4 is 10.6 Å². The van der Waals surface area contributed by atoms with E-state index < -0.39 is 0 Å². The minimum atomic E-state index is -0.322. The van der Waals surface area contributed by atoms with Crippen LogP contribution in [0, 0.1) is 0 Å². The molecule has 0 aromatic heterocycles. The molecule has 1 aromatic rings. The highest BCUT2D eigenvalue weighted by Gasteiger charge is 2.33. The Morgan fingerprint density at radius 1 is 1.29 bits per heavy atom. The first-order valence-corrected chi connectivity index (χ1v) is 6.17. The van der Waals surface area contributed by atoms with Crippen molar-refractivity contribution in [1.29, 1.82) is 0 Å². The molecule has 0 unspecified atom stereocenters. The number of anilines is 1. The number of carbonyl (C=O) groups is 1. The number of amides is 1. The van der Waals surface area contributed by atoms with Crippen molar-refractivity contribution < 1.29 is 4.79 Å². The highest BCUT2D eigenvalue weighted by Crippen LogP contribution is 2.31. The fourth-order valence-electron chi connectivity index (χ4n) is 2.37. The van der Waals surface area contributed by atoms with Crippen LogP contribution in [0.4, 0.5) is 5.69 Å². The van der Waals surface area contributed by atoms with Gasteiger partial charge in [0.15, 0.2) is 0 Å². The molecule has 92 valence electrons. The highest BCUT2D eigenvalue weighted by atomic mass is 16.2. The summed E-state index contributed by atoms with van der Waals surface area (Å²) < 4.78 is 0. The third-order valence-electron chi connectivity index (χ3n) is 3.42. The smallest absolute Gasteiger partial charge is 0.227 e. The number of nitrogens with two attached hydrogens (primary N) is 1. The number of rotatable bonds is 2.